The number of benzene rings is 1. The van der Waals surface area contributed by atoms with E-state index in [0.717, 1.165) is 36.9 Å². The molecule has 138 valence electrons. The molecule has 2 heterocycles. The van der Waals surface area contributed by atoms with E-state index in [2.05, 4.69) is 0 Å². The van der Waals surface area contributed by atoms with Crippen LogP contribution in [0.2, 0.25) is 0 Å². The first kappa shape index (κ1) is 17.1. The Bertz CT molecular complexity index is 762. The fourth-order valence-corrected chi connectivity index (χ4v) is 5.14. The number of carbonyl (C=O) groups is 3. The third-order valence-corrected chi connectivity index (χ3v) is 6.23. The highest BCUT2D eigenvalue weighted by Gasteiger charge is 2.51. The zero-order chi connectivity index (χ0) is 18.4. The van der Waals surface area contributed by atoms with Crippen LogP contribution in [0.5, 0.6) is 0 Å². The van der Waals surface area contributed by atoms with Gasteiger partial charge in [-0.2, -0.15) is 0 Å². The fourth-order valence-electron chi connectivity index (χ4n) is 5.14. The molecule has 3 aliphatic rings. The largest absolute Gasteiger partial charge is 0.480 e. The molecular weight excluding hydrogens is 332 g/mol. The first-order valence-corrected chi connectivity index (χ1v) is 9.41. The predicted molar refractivity (Wildman–Crippen MR) is 95.7 cm³/mol. The maximum absolute atomic E-state index is 13.5. The SMILES string of the molecule is CC(=O)N1c2ccccc2C[C@H]1C(=O)N1C(C(=O)O)CC2CCCCC21. The van der Waals surface area contributed by atoms with Crippen LogP contribution in [0.1, 0.15) is 44.6 Å². The Hall–Kier alpha value is -2.37. The maximum atomic E-state index is 13.5. The van der Waals surface area contributed by atoms with Gasteiger partial charge < -0.3 is 10.0 Å². The molecule has 1 aromatic carbocycles. The molecule has 2 fully saturated rings. The van der Waals surface area contributed by atoms with E-state index in [-0.39, 0.29) is 23.8 Å². The van der Waals surface area contributed by atoms with Crippen molar-refractivity contribution in [2.75, 3.05) is 4.90 Å². The van der Waals surface area contributed by atoms with Crippen LogP contribution in [0.3, 0.4) is 0 Å². The van der Waals surface area contributed by atoms with Gasteiger partial charge in [-0.15, -0.1) is 0 Å². The molecule has 0 spiro atoms. The van der Waals surface area contributed by atoms with Crippen molar-refractivity contribution in [3.63, 3.8) is 0 Å². The molecule has 3 unspecified atom stereocenters. The zero-order valence-corrected chi connectivity index (χ0v) is 14.9. The van der Waals surface area contributed by atoms with Crippen molar-refractivity contribution in [1.82, 2.24) is 4.90 Å². The molecule has 6 nitrogen and oxygen atoms in total. The standard InChI is InChI=1S/C20H24N2O4/c1-12(23)21-15-8-4-2-6-13(15)10-17(21)19(24)22-16-9-5-3-7-14(16)11-18(22)20(25)26/h2,4,6,8,14,16-18H,3,5,7,9-11H2,1H3,(H,25,26)/t14?,16?,17-,18?/m0/s1. The highest BCUT2D eigenvalue weighted by Crippen LogP contribution is 2.42. The number of hydrogen-bond donors (Lipinski definition) is 1. The van der Waals surface area contributed by atoms with Crippen molar-refractivity contribution in [3.8, 4) is 0 Å². The molecule has 6 heteroatoms. The van der Waals surface area contributed by atoms with Crippen molar-refractivity contribution in [3.05, 3.63) is 29.8 Å². The number of rotatable bonds is 2. The van der Waals surface area contributed by atoms with Gasteiger partial charge in [-0.25, -0.2) is 4.79 Å². The van der Waals surface area contributed by atoms with Crippen LogP contribution in [0, 0.1) is 5.92 Å². The summed E-state index contributed by atoms with van der Waals surface area (Å²) >= 11 is 0. The summed E-state index contributed by atoms with van der Waals surface area (Å²) in [5, 5.41) is 9.70. The number of fused-ring (bicyclic) bond motifs is 2. The number of aliphatic carboxylic acids is 1. The predicted octanol–water partition coefficient (Wildman–Crippen LogP) is 2.21. The second-order valence-electron chi connectivity index (χ2n) is 7.68. The van der Waals surface area contributed by atoms with E-state index in [1.165, 1.54) is 6.92 Å². The van der Waals surface area contributed by atoms with E-state index in [4.69, 9.17) is 0 Å². The number of nitrogens with zero attached hydrogens (tertiary/aromatic N) is 2. The van der Waals surface area contributed by atoms with Gasteiger partial charge in [0.05, 0.1) is 0 Å². The quantitative estimate of drug-likeness (QED) is 0.881. The summed E-state index contributed by atoms with van der Waals surface area (Å²) in [5.74, 6) is -1.06. The Morgan fingerprint density at radius 2 is 1.81 bits per heavy atom. The van der Waals surface area contributed by atoms with Gasteiger partial charge >= 0.3 is 5.97 Å². The number of carboxylic acids is 1. The van der Waals surface area contributed by atoms with Crippen LogP contribution in [0.25, 0.3) is 0 Å². The highest BCUT2D eigenvalue weighted by atomic mass is 16.4. The Morgan fingerprint density at radius 1 is 1.08 bits per heavy atom. The highest BCUT2D eigenvalue weighted by molar-refractivity contribution is 6.03. The molecule has 4 atom stereocenters. The van der Waals surface area contributed by atoms with Gasteiger partial charge in [-0.05, 0) is 36.8 Å². The molecule has 26 heavy (non-hydrogen) atoms. The molecule has 1 aromatic rings. The Morgan fingerprint density at radius 3 is 2.54 bits per heavy atom. The zero-order valence-electron chi connectivity index (χ0n) is 14.9. The van der Waals surface area contributed by atoms with Gasteiger partial charge in [0, 0.05) is 25.1 Å². The molecule has 2 amide bonds. The van der Waals surface area contributed by atoms with Crippen LogP contribution in [0.15, 0.2) is 24.3 Å². The minimum Gasteiger partial charge on any atom is -0.480 e. The lowest BCUT2D eigenvalue weighted by molar-refractivity contribution is -0.150. The normalized spacial score (nSPS) is 30.0. The van der Waals surface area contributed by atoms with Crippen LogP contribution >= 0.6 is 0 Å². The molecule has 0 aromatic heterocycles. The summed E-state index contributed by atoms with van der Waals surface area (Å²) in [7, 11) is 0. The third-order valence-electron chi connectivity index (χ3n) is 6.23. The van der Waals surface area contributed by atoms with Gasteiger partial charge in [0.1, 0.15) is 12.1 Å². The summed E-state index contributed by atoms with van der Waals surface area (Å²) in [4.78, 5) is 40.7. The number of carbonyl (C=O) groups excluding carboxylic acids is 2. The summed E-state index contributed by atoms with van der Waals surface area (Å²) in [6.07, 6.45) is 4.96. The average molecular weight is 356 g/mol. The van der Waals surface area contributed by atoms with E-state index < -0.39 is 18.1 Å². The molecule has 1 N–H and O–H groups in total. The average Bonchev–Trinajstić information content (AvgIpc) is 3.20. The number of likely N-dealkylation sites (tertiary alicyclic amines) is 1. The van der Waals surface area contributed by atoms with Gasteiger partial charge in [-0.1, -0.05) is 31.0 Å². The summed E-state index contributed by atoms with van der Waals surface area (Å²) in [6, 6.07) is 6.13. The molecule has 4 rings (SSSR count). The molecule has 0 radical (unpaired) electrons. The monoisotopic (exact) mass is 356 g/mol. The van der Waals surface area contributed by atoms with Crippen molar-refractivity contribution >= 4 is 23.5 Å². The van der Waals surface area contributed by atoms with Crippen molar-refractivity contribution < 1.29 is 19.5 Å². The molecular formula is C20H24N2O4. The molecule has 1 aliphatic carbocycles. The van der Waals surface area contributed by atoms with Crippen LogP contribution in [-0.4, -0.2) is 45.9 Å². The third kappa shape index (κ3) is 2.59. The van der Waals surface area contributed by atoms with Crippen molar-refractivity contribution in [2.45, 2.75) is 63.6 Å². The van der Waals surface area contributed by atoms with E-state index >= 15 is 0 Å². The van der Waals surface area contributed by atoms with Crippen LogP contribution in [-0.2, 0) is 20.8 Å². The lowest BCUT2D eigenvalue weighted by Gasteiger charge is -2.36. The first-order chi connectivity index (χ1) is 12.5. The minimum atomic E-state index is -0.933. The summed E-state index contributed by atoms with van der Waals surface area (Å²) in [6.45, 7) is 1.46. The second-order valence-corrected chi connectivity index (χ2v) is 7.68. The van der Waals surface area contributed by atoms with Crippen LogP contribution < -0.4 is 4.90 Å². The second kappa shape index (κ2) is 6.41. The topological polar surface area (TPSA) is 77.9 Å². The van der Waals surface area contributed by atoms with E-state index in [1.807, 2.05) is 24.3 Å². The van der Waals surface area contributed by atoms with Gasteiger partial charge in [0.2, 0.25) is 11.8 Å². The summed E-state index contributed by atoms with van der Waals surface area (Å²) in [5.41, 5.74) is 1.73. The number of anilines is 1. The van der Waals surface area contributed by atoms with Crippen molar-refractivity contribution in [1.29, 1.82) is 0 Å². The Labute approximate surface area is 152 Å². The molecule has 1 saturated heterocycles. The number of amides is 2. The molecule has 1 saturated carbocycles. The Balaban J connectivity index is 1.67. The van der Waals surface area contributed by atoms with E-state index in [9.17, 15) is 19.5 Å². The fraction of sp³-hybridized carbons (Fsp3) is 0.550. The van der Waals surface area contributed by atoms with Gasteiger partial charge in [0.15, 0.2) is 0 Å². The molecule has 2 aliphatic heterocycles. The molecule has 0 bridgehead atoms. The van der Waals surface area contributed by atoms with E-state index in [1.54, 1.807) is 9.80 Å². The number of para-hydroxylation sites is 1. The Kier molecular flexibility index (Phi) is 4.21. The maximum Gasteiger partial charge on any atom is 0.326 e. The number of hydrogen-bond acceptors (Lipinski definition) is 3. The van der Waals surface area contributed by atoms with Gasteiger partial charge in [0.25, 0.3) is 0 Å². The van der Waals surface area contributed by atoms with Crippen LogP contribution in [0.4, 0.5) is 5.69 Å². The lowest BCUT2D eigenvalue weighted by Crippen LogP contribution is -2.55. The van der Waals surface area contributed by atoms with Crippen molar-refractivity contribution in [2.24, 2.45) is 5.92 Å². The van der Waals surface area contributed by atoms with Gasteiger partial charge in [-0.3, -0.25) is 14.5 Å². The minimum absolute atomic E-state index is 0.00475. The smallest absolute Gasteiger partial charge is 0.326 e. The number of carboxylic acid groups (broad SMARTS) is 1. The lowest BCUT2D eigenvalue weighted by atomic mass is 9.84. The summed E-state index contributed by atoms with van der Waals surface area (Å²) < 4.78 is 0. The van der Waals surface area contributed by atoms with E-state index in [0.29, 0.717) is 12.8 Å². The first-order valence-electron chi connectivity index (χ1n) is 9.41.